The van der Waals surface area contributed by atoms with Gasteiger partial charge in [0.05, 0.1) is 6.61 Å². The molecule has 2 rings (SSSR count). The van der Waals surface area contributed by atoms with Crippen molar-refractivity contribution in [1.82, 2.24) is 9.80 Å². The number of nitrogens with two attached hydrogens (primary N) is 1. The monoisotopic (exact) mass is 307 g/mol. The number of benzene rings is 1. The average molecular weight is 307 g/mol. The zero-order valence-corrected chi connectivity index (χ0v) is 13.7. The molecule has 0 radical (unpaired) electrons. The van der Waals surface area contributed by atoms with Crippen LogP contribution < -0.4 is 10.5 Å². The summed E-state index contributed by atoms with van der Waals surface area (Å²) in [5, 5.41) is 0. The van der Waals surface area contributed by atoms with Gasteiger partial charge in [-0.3, -0.25) is 4.90 Å². The Kier molecular flexibility index (Phi) is 5.96. The number of hydrogen-bond donors (Lipinski definition) is 1. The summed E-state index contributed by atoms with van der Waals surface area (Å²) in [4.78, 5) is 5.35. The molecule has 0 saturated carbocycles. The third-order valence-electron chi connectivity index (χ3n) is 3.97. The lowest BCUT2D eigenvalue weighted by Crippen LogP contribution is -2.50. The van der Waals surface area contributed by atoms with Gasteiger partial charge in [-0.2, -0.15) is 0 Å². The Balaban J connectivity index is 1.68. The van der Waals surface area contributed by atoms with E-state index in [0.717, 1.165) is 50.5 Å². The molecule has 116 valence electrons. The average Bonchev–Trinajstić information content (AvgIpc) is 2.46. The van der Waals surface area contributed by atoms with Crippen LogP contribution in [0.25, 0.3) is 0 Å². The molecular weight excluding hydrogens is 282 g/mol. The molecule has 2 N–H and O–H groups in total. The van der Waals surface area contributed by atoms with E-state index in [1.54, 1.807) is 0 Å². The van der Waals surface area contributed by atoms with Crippen molar-refractivity contribution >= 4 is 17.2 Å². The summed E-state index contributed by atoms with van der Waals surface area (Å²) in [6.45, 7) is 7.60. The van der Waals surface area contributed by atoms with Crippen molar-refractivity contribution in [2.24, 2.45) is 5.73 Å². The smallest absolute Gasteiger partial charge is 0.119 e. The van der Waals surface area contributed by atoms with E-state index in [9.17, 15) is 0 Å². The molecule has 1 aromatic rings. The van der Waals surface area contributed by atoms with Crippen molar-refractivity contribution in [3.05, 3.63) is 29.8 Å². The summed E-state index contributed by atoms with van der Waals surface area (Å²) in [6, 6.07) is 8.29. The van der Waals surface area contributed by atoms with Crippen LogP contribution in [0.4, 0.5) is 0 Å². The highest BCUT2D eigenvalue weighted by Crippen LogP contribution is 2.13. The standard InChI is InChI=1S/C16H25N3OS/c1-13-12-18(2)9-10-19(13)8-3-11-20-15-6-4-14(5-7-15)16(17)21/h4-7,13H,3,8-12H2,1-2H3,(H2,17,21). The predicted octanol–water partition coefficient (Wildman–Crippen LogP) is 1.73. The quantitative estimate of drug-likeness (QED) is 0.640. The van der Waals surface area contributed by atoms with Gasteiger partial charge < -0.3 is 15.4 Å². The molecule has 5 heteroatoms. The lowest BCUT2D eigenvalue weighted by atomic mass is 10.2. The van der Waals surface area contributed by atoms with Crippen LogP contribution in [-0.4, -0.2) is 60.7 Å². The van der Waals surface area contributed by atoms with E-state index >= 15 is 0 Å². The molecule has 1 heterocycles. The maximum absolute atomic E-state index is 5.77. The van der Waals surface area contributed by atoms with Crippen molar-refractivity contribution < 1.29 is 4.74 Å². The van der Waals surface area contributed by atoms with E-state index in [1.807, 2.05) is 24.3 Å². The van der Waals surface area contributed by atoms with Crippen LogP contribution in [0.15, 0.2) is 24.3 Å². The van der Waals surface area contributed by atoms with Crippen LogP contribution in [0, 0.1) is 0 Å². The SMILES string of the molecule is CC1CN(C)CCN1CCCOc1ccc(C(N)=S)cc1. The normalized spacial score (nSPS) is 20.4. The molecule has 0 amide bonds. The number of ether oxygens (including phenoxy) is 1. The van der Waals surface area contributed by atoms with E-state index in [4.69, 9.17) is 22.7 Å². The van der Waals surface area contributed by atoms with Crippen molar-refractivity contribution in [2.75, 3.05) is 39.8 Å². The summed E-state index contributed by atoms with van der Waals surface area (Å²) in [5.74, 6) is 0.876. The summed E-state index contributed by atoms with van der Waals surface area (Å²) in [5.41, 5.74) is 6.45. The second-order valence-electron chi connectivity index (χ2n) is 5.74. The first-order valence-electron chi connectivity index (χ1n) is 7.51. The number of likely N-dealkylation sites (N-methyl/N-ethyl adjacent to an activating group) is 1. The van der Waals surface area contributed by atoms with Gasteiger partial charge in [0.1, 0.15) is 10.7 Å². The van der Waals surface area contributed by atoms with Gasteiger partial charge in [-0.1, -0.05) is 12.2 Å². The fourth-order valence-electron chi connectivity index (χ4n) is 2.68. The molecule has 1 aliphatic heterocycles. The molecule has 1 fully saturated rings. The van der Waals surface area contributed by atoms with Crippen LogP contribution in [-0.2, 0) is 0 Å². The van der Waals surface area contributed by atoms with Crippen molar-refractivity contribution in [1.29, 1.82) is 0 Å². The van der Waals surface area contributed by atoms with E-state index < -0.39 is 0 Å². The predicted molar refractivity (Wildman–Crippen MR) is 91.0 cm³/mol. The summed E-state index contributed by atoms with van der Waals surface area (Å²) < 4.78 is 5.77. The van der Waals surface area contributed by atoms with Crippen molar-refractivity contribution in [2.45, 2.75) is 19.4 Å². The molecule has 21 heavy (non-hydrogen) atoms. The lowest BCUT2D eigenvalue weighted by molar-refractivity contribution is 0.0945. The number of piperazine rings is 1. The van der Waals surface area contributed by atoms with E-state index in [-0.39, 0.29) is 0 Å². The first-order valence-corrected chi connectivity index (χ1v) is 7.92. The molecule has 0 aliphatic carbocycles. The summed E-state index contributed by atoms with van der Waals surface area (Å²) in [6.07, 6.45) is 1.05. The van der Waals surface area contributed by atoms with Gasteiger partial charge in [0.2, 0.25) is 0 Å². The van der Waals surface area contributed by atoms with Crippen molar-refractivity contribution in [3.8, 4) is 5.75 Å². The molecule has 0 aromatic heterocycles. The summed E-state index contributed by atoms with van der Waals surface area (Å²) in [7, 11) is 2.19. The van der Waals surface area contributed by atoms with E-state index in [1.165, 1.54) is 0 Å². The Labute approximate surface area is 132 Å². The minimum Gasteiger partial charge on any atom is -0.494 e. The first kappa shape index (κ1) is 16.2. The lowest BCUT2D eigenvalue weighted by Gasteiger charge is -2.38. The minimum atomic E-state index is 0.422. The number of rotatable bonds is 6. The molecule has 1 atom stereocenters. The van der Waals surface area contributed by atoms with Gasteiger partial charge in [0.25, 0.3) is 0 Å². The number of hydrogen-bond acceptors (Lipinski definition) is 4. The zero-order chi connectivity index (χ0) is 15.2. The van der Waals surface area contributed by atoms with Gasteiger partial charge in [-0.15, -0.1) is 0 Å². The Morgan fingerprint density at radius 2 is 2.05 bits per heavy atom. The van der Waals surface area contributed by atoms with Crippen LogP contribution >= 0.6 is 12.2 Å². The van der Waals surface area contributed by atoms with Gasteiger partial charge in [-0.05, 0) is 44.7 Å². The van der Waals surface area contributed by atoms with Crippen LogP contribution in [0.2, 0.25) is 0 Å². The van der Waals surface area contributed by atoms with Crippen molar-refractivity contribution in [3.63, 3.8) is 0 Å². The van der Waals surface area contributed by atoms with E-state index in [2.05, 4.69) is 23.8 Å². The minimum absolute atomic E-state index is 0.422. The maximum atomic E-state index is 5.77. The van der Waals surface area contributed by atoms with Gasteiger partial charge in [-0.25, -0.2) is 0 Å². The molecular formula is C16H25N3OS. The van der Waals surface area contributed by atoms with Crippen LogP contribution in [0.5, 0.6) is 5.75 Å². The van der Waals surface area contributed by atoms with Gasteiger partial charge in [0.15, 0.2) is 0 Å². The molecule has 1 unspecified atom stereocenters. The Morgan fingerprint density at radius 1 is 1.33 bits per heavy atom. The molecule has 4 nitrogen and oxygen atoms in total. The van der Waals surface area contributed by atoms with E-state index in [0.29, 0.717) is 11.0 Å². The Bertz CT molecular complexity index is 463. The second-order valence-corrected chi connectivity index (χ2v) is 6.18. The third kappa shape index (κ3) is 4.95. The van der Waals surface area contributed by atoms with Gasteiger partial charge >= 0.3 is 0 Å². The van der Waals surface area contributed by atoms with Gasteiger partial charge in [0, 0.05) is 37.8 Å². The highest BCUT2D eigenvalue weighted by Gasteiger charge is 2.20. The third-order valence-corrected chi connectivity index (χ3v) is 4.20. The Morgan fingerprint density at radius 3 is 2.67 bits per heavy atom. The highest BCUT2D eigenvalue weighted by atomic mass is 32.1. The largest absolute Gasteiger partial charge is 0.494 e. The highest BCUT2D eigenvalue weighted by molar-refractivity contribution is 7.80. The zero-order valence-electron chi connectivity index (χ0n) is 12.9. The molecule has 1 saturated heterocycles. The molecule has 1 aromatic carbocycles. The van der Waals surface area contributed by atoms with Crippen LogP contribution in [0.3, 0.4) is 0 Å². The first-order chi connectivity index (χ1) is 10.1. The molecule has 0 bridgehead atoms. The second kappa shape index (κ2) is 7.73. The maximum Gasteiger partial charge on any atom is 0.119 e. The summed E-state index contributed by atoms with van der Waals surface area (Å²) >= 11 is 4.93. The molecule has 0 spiro atoms. The fourth-order valence-corrected chi connectivity index (χ4v) is 2.82. The van der Waals surface area contributed by atoms with Crippen LogP contribution in [0.1, 0.15) is 18.9 Å². The Hall–Kier alpha value is -1.17. The topological polar surface area (TPSA) is 41.7 Å². The fraction of sp³-hybridized carbons (Fsp3) is 0.562. The molecule has 1 aliphatic rings. The number of nitrogens with zero attached hydrogens (tertiary/aromatic N) is 2. The number of thiocarbonyl (C=S) groups is 1.